The molecule has 0 aliphatic rings. The molecular weight excluding hydrogens is 98.9 g/mol. The van der Waals surface area contributed by atoms with Gasteiger partial charge in [-0.25, -0.2) is 0 Å². The smallest absolute Gasteiger partial charge is 0.0677 e. The van der Waals surface area contributed by atoms with Crippen molar-refractivity contribution in [3.63, 3.8) is 0 Å². The Balaban J connectivity index is 2.50. The van der Waals surface area contributed by atoms with Gasteiger partial charge in [0.25, 0.3) is 0 Å². The van der Waals surface area contributed by atoms with Gasteiger partial charge in [-0.1, -0.05) is 6.32 Å². The molecule has 0 saturated carbocycles. The van der Waals surface area contributed by atoms with E-state index in [4.69, 9.17) is 7.85 Å². The number of aryl methyl sites for hydroxylation is 1. The third-order valence-corrected chi connectivity index (χ3v) is 0.917. The largest absolute Gasteiger partial charge is 0.274 e. The fourth-order valence-electron chi connectivity index (χ4n) is 0.565. The van der Waals surface area contributed by atoms with E-state index in [1.807, 2.05) is 12.3 Å². The van der Waals surface area contributed by atoms with Gasteiger partial charge in [0.1, 0.15) is 0 Å². The van der Waals surface area contributed by atoms with Crippen LogP contribution in [0.4, 0.5) is 0 Å². The normalized spacial score (nSPS) is 9.50. The molecule has 0 unspecified atom stereocenters. The van der Waals surface area contributed by atoms with E-state index in [0.29, 0.717) is 6.32 Å². The second-order valence-electron chi connectivity index (χ2n) is 1.56. The molecule has 0 bridgehead atoms. The lowest BCUT2D eigenvalue weighted by Crippen LogP contribution is -1.95. The molecule has 0 aliphatic carbocycles. The molecular formula is C5H7BN2. The summed E-state index contributed by atoms with van der Waals surface area (Å²) in [7, 11) is 5.26. The van der Waals surface area contributed by atoms with Crippen LogP contribution < -0.4 is 0 Å². The maximum Gasteiger partial charge on any atom is 0.0677 e. The summed E-state index contributed by atoms with van der Waals surface area (Å²) in [6.45, 7) is 0.812. The summed E-state index contributed by atoms with van der Waals surface area (Å²) in [6.07, 6.45) is 4.30. The van der Waals surface area contributed by atoms with Crippen LogP contribution in [-0.4, -0.2) is 17.6 Å². The Morgan fingerprint density at radius 1 is 1.62 bits per heavy atom. The van der Waals surface area contributed by atoms with Gasteiger partial charge in [0.05, 0.1) is 7.85 Å². The van der Waals surface area contributed by atoms with Crippen LogP contribution in [0.3, 0.4) is 0 Å². The van der Waals surface area contributed by atoms with Crippen LogP contribution in [-0.2, 0) is 6.54 Å². The third kappa shape index (κ3) is 1.12. The van der Waals surface area contributed by atoms with Gasteiger partial charge >= 0.3 is 0 Å². The average molecular weight is 106 g/mol. The van der Waals surface area contributed by atoms with Crippen molar-refractivity contribution >= 4 is 7.85 Å². The molecule has 0 aromatic carbocycles. The molecule has 1 aromatic rings. The fraction of sp³-hybridized carbons (Fsp3) is 0.400. The first-order chi connectivity index (χ1) is 3.93. The molecule has 0 amide bonds. The first-order valence-corrected chi connectivity index (χ1v) is 2.61. The second-order valence-corrected chi connectivity index (χ2v) is 1.56. The van der Waals surface area contributed by atoms with Gasteiger partial charge in [0.2, 0.25) is 0 Å². The van der Waals surface area contributed by atoms with E-state index in [1.165, 1.54) is 0 Å². The summed E-state index contributed by atoms with van der Waals surface area (Å²) in [5.74, 6) is 0. The van der Waals surface area contributed by atoms with Crippen LogP contribution in [0.5, 0.6) is 0 Å². The van der Waals surface area contributed by atoms with E-state index >= 15 is 0 Å². The zero-order valence-electron chi connectivity index (χ0n) is 4.62. The minimum Gasteiger partial charge on any atom is -0.274 e. The predicted molar refractivity (Wildman–Crippen MR) is 32.8 cm³/mol. The van der Waals surface area contributed by atoms with Gasteiger partial charge in [0.15, 0.2) is 0 Å². The van der Waals surface area contributed by atoms with Crippen molar-refractivity contribution in [2.24, 2.45) is 0 Å². The van der Waals surface area contributed by atoms with Crippen molar-refractivity contribution < 1.29 is 0 Å². The summed E-state index contributed by atoms with van der Waals surface area (Å²) < 4.78 is 1.81. The molecule has 0 atom stereocenters. The van der Waals surface area contributed by atoms with Crippen LogP contribution in [0.2, 0.25) is 6.32 Å². The van der Waals surface area contributed by atoms with Crippen molar-refractivity contribution in [1.29, 1.82) is 0 Å². The third-order valence-electron chi connectivity index (χ3n) is 0.917. The van der Waals surface area contributed by atoms with Gasteiger partial charge < -0.3 is 0 Å². The average Bonchev–Trinajstić information content (AvgIpc) is 2.19. The highest BCUT2D eigenvalue weighted by atomic mass is 15.3. The second kappa shape index (κ2) is 2.55. The van der Waals surface area contributed by atoms with Crippen LogP contribution in [0.25, 0.3) is 0 Å². The van der Waals surface area contributed by atoms with Gasteiger partial charge in [-0.3, -0.25) is 4.68 Å². The molecule has 0 fully saturated rings. The molecule has 0 spiro atoms. The van der Waals surface area contributed by atoms with Gasteiger partial charge in [-0.15, -0.1) is 0 Å². The van der Waals surface area contributed by atoms with Crippen LogP contribution in [0.15, 0.2) is 18.5 Å². The van der Waals surface area contributed by atoms with E-state index in [9.17, 15) is 0 Å². The van der Waals surface area contributed by atoms with E-state index < -0.39 is 0 Å². The van der Waals surface area contributed by atoms with Crippen LogP contribution in [0, 0.1) is 0 Å². The van der Waals surface area contributed by atoms with Crippen molar-refractivity contribution in [1.82, 2.24) is 9.78 Å². The Labute approximate surface area is 49.9 Å². The quantitative estimate of drug-likeness (QED) is 0.501. The maximum absolute atomic E-state index is 5.26. The lowest BCUT2D eigenvalue weighted by atomic mass is 10.1. The van der Waals surface area contributed by atoms with Crippen molar-refractivity contribution in [2.75, 3.05) is 0 Å². The summed E-state index contributed by atoms with van der Waals surface area (Å²) in [5.41, 5.74) is 0. The molecule has 2 radical (unpaired) electrons. The highest BCUT2D eigenvalue weighted by Crippen LogP contribution is 1.84. The summed E-state index contributed by atoms with van der Waals surface area (Å²) >= 11 is 0. The number of rotatable bonds is 2. The minimum atomic E-state index is 0.654. The topological polar surface area (TPSA) is 17.8 Å². The van der Waals surface area contributed by atoms with E-state index in [-0.39, 0.29) is 0 Å². The van der Waals surface area contributed by atoms with E-state index in [2.05, 4.69) is 5.10 Å². The lowest BCUT2D eigenvalue weighted by Gasteiger charge is -1.93. The number of nitrogens with zero attached hydrogens (tertiary/aromatic N) is 2. The minimum absolute atomic E-state index is 0.654. The maximum atomic E-state index is 5.26. The first kappa shape index (κ1) is 5.41. The zero-order chi connectivity index (χ0) is 5.82. The number of hydrogen-bond donors (Lipinski definition) is 0. The Morgan fingerprint density at radius 3 is 3.00 bits per heavy atom. The highest BCUT2D eigenvalue weighted by Gasteiger charge is 1.82. The molecule has 2 nitrogen and oxygen atoms in total. The molecule has 3 heteroatoms. The standard InChI is InChI=1S/C5H7BN2/c6-2-5-8-4-1-3-7-8/h1,3-4H,2,5H2. The monoisotopic (exact) mass is 106 g/mol. The van der Waals surface area contributed by atoms with Crippen LogP contribution >= 0.6 is 0 Å². The summed E-state index contributed by atoms with van der Waals surface area (Å²) in [5, 5.41) is 3.94. The summed E-state index contributed by atoms with van der Waals surface area (Å²) in [6, 6.07) is 1.88. The van der Waals surface area contributed by atoms with Gasteiger partial charge in [-0.2, -0.15) is 5.10 Å². The Kier molecular flexibility index (Phi) is 1.73. The molecule has 0 N–H and O–H groups in total. The van der Waals surface area contributed by atoms with E-state index in [1.54, 1.807) is 10.9 Å². The lowest BCUT2D eigenvalue weighted by molar-refractivity contribution is 0.659. The Hall–Kier alpha value is -0.725. The molecule has 0 aliphatic heterocycles. The molecule has 8 heavy (non-hydrogen) atoms. The molecule has 40 valence electrons. The Morgan fingerprint density at radius 2 is 2.50 bits per heavy atom. The molecule has 1 heterocycles. The summed E-state index contributed by atoms with van der Waals surface area (Å²) in [4.78, 5) is 0. The van der Waals surface area contributed by atoms with Gasteiger partial charge in [0, 0.05) is 18.9 Å². The number of hydrogen-bond acceptors (Lipinski definition) is 1. The van der Waals surface area contributed by atoms with Crippen LogP contribution in [0.1, 0.15) is 0 Å². The molecule has 1 rings (SSSR count). The van der Waals surface area contributed by atoms with E-state index in [0.717, 1.165) is 6.54 Å². The molecule has 1 aromatic heterocycles. The number of aromatic nitrogens is 2. The zero-order valence-corrected chi connectivity index (χ0v) is 4.62. The Bertz CT molecular complexity index is 136. The fourth-order valence-corrected chi connectivity index (χ4v) is 0.565. The highest BCUT2D eigenvalue weighted by molar-refractivity contribution is 6.08. The van der Waals surface area contributed by atoms with Gasteiger partial charge in [-0.05, 0) is 6.07 Å². The SMILES string of the molecule is [B]CCn1cccn1. The molecule has 0 saturated heterocycles. The predicted octanol–water partition coefficient (Wildman–Crippen LogP) is 0.470. The van der Waals surface area contributed by atoms with Crippen molar-refractivity contribution in [3.8, 4) is 0 Å². The van der Waals surface area contributed by atoms with Crippen molar-refractivity contribution in [3.05, 3.63) is 18.5 Å². The first-order valence-electron chi connectivity index (χ1n) is 2.61. The van der Waals surface area contributed by atoms with Crippen molar-refractivity contribution in [2.45, 2.75) is 12.9 Å².